The molecule has 2 heteroatoms. The summed E-state index contributed by atoms with van der Waals surface area (Å²) in [5.41, 5.74) is 0. The maximum absolute atomic E-state index is 5.84. The van der Waals surface area contributed by atoms with Gasteiger partial charge in [0, 0.05) is 0 Å². The van der Waals surface area contributed by atoms with Crippen LogP contribution in [0.4, 0.5) is 0 Å². The smallest absolute Gasteiger partial charge is 0.316 e. The molecular formula is C12H17MgO. The van der Waals surface area contributed by atoms with E-state index in [2.05, 4.69) is 6.07 Å². The Morgan fingerprint density at radius 1 is 1.07 bits per heavy atom. The maximum Gasteiger partial charge on any atom is 0.316 e. The van der Waals surface area contributed by atoms with E-state index >= 15 is 0 Å². The van der Waals surface area contributed by atoms with E-state index < -0.39 is 0 Å². The minimum atomic E-state index is 0. The molecule has 1 aliphatic carbocycles. The summed E-state index contributed by atoms with van der Waals surface area (Å²) < 4.78 is 5.84. The van der Waals surface area contributed by atoms with Crippen LogP contribution in [0, 0.1) is 6.07 Å². The molecule has 1 aromatic rings. The first kappa shape index (κ1) is 11.9. The second kappa shape index (κ2) is 6.30. The number of rotatable bonds is 2. The minimum absolute atomic E-state index is 0. The van der Waals surface area contributed by atoms with Crippen LogP contribution in [-0.4, -0.2) is 29.2 Å². The Kier molecular flexibility index (Phi) is 5.34. The summed E-state index contributed by atoms with van der Waals surface area (Å²) in [5.74, 6) is 0.991. The molecule has 0 aliphatic heterocycles. The number of hydrogen-bond donors (Lipinski definition) is 0. The van der Waals surface area contributed by atoms with Gasteiger partial charge in [-0.05, 0) is 43.9 Å². The molecular weight excluding hydrogens is 184 g/mol. The molecule has 1 aliphatic rings. The van der Waals surface area contributed by atoms with Gasteiger partial charge < -0.3 is 4.74 Å². The molecule has 1 nitrogen and oxygen atoms in total. The van der Waals surface area contributed by atoms with Gasteiger partial charge in [0.1, 0.15) is 5.75 Å². The van der Waals surface area contributed by atoms with E-state index in [0.29, 0.717) is 6.10 Å². The summed E-state index contributed by atoms with van der Waals surface area (Å²) >= 11 is 0. The average molecular weight is 202 g/mol. The van der Waals surface area contributed by atoms with Gasteiger partial charge in [0.15, 0.2) is 0 Å². The van der Waals surface area contributed by atoms with E-state index in [1.807, 2.05) is 24.3 Å². The van der Waals surface area contributed by atoms with Crippen molar-refractivity contribution in [2.45, 2.75) is 38.2 Å². The van der Waals surface area contributed by atoms with Crippen molar-refractivity contribution in [2.24, 2.45) is 0 Å². The van der Waals surface area contributed by atoms with E-state index in [1.54, 1.807) is 0 Å². The zero-order chi connectivity index (χ0) is 8.93. The van der Waals surface area contributed by atoms with E-state index in [-0.39, 0.29) is 23.1 Å². The predicted octanol–water partition coefficient (Wildman–Crippen LogP) is 2.28. The highest BCUT2D eigenvalue weighted by atomic mass is 24.3. The number of ether oxygens (including phenoxy) is 1. The Morgan fingerprint density at radius 2 is 1.71 bits per heavy atom. The Labute approximate surface area is 102 Å². The van der Waals surface area contributed by atoms with Gasteiger partial charge in [0.05, 0.1) is 6.10 Å². The maximum atomic E-state index is 5.84. The summed E-state index contributed by atoms with van der Waals surface area (Å²) in [4.78, 5) is 0. The lowest BCUT2D eigenvalue weighted by molar-refractivity contribution is 0.155. The van der Waals surface area contributed by atoms with Crippen molar-refractivity contribution in [1.29, 1.82) is 0 Å². The van der Waals surface area contributed by atoms with E-state index in [1.165, 1.54) is 32.1 Å². The molecule has 14 heavy (non-hydrogen) atoms. The fourth-order valence-corrected chi connectivity index (χ4v) is 1.83. The fraction of sp³-hybridized carbons (Fsp3) is 0.500. The first-order valence-corrected chi connectivity index (χ1v) is 5.08. The SMILES string of the molecule is [MgH2].[c]1ccc(OC2CCCCC2)cc1. The Bertz CT molecular complexity index is 242. The molecule has 0 atom stereocenters. The molecule has 1 fully saturated rings. The Balaban J connectivity index is 0.000000980. The molecule has 1 aromatic carbocycles. The van der Waals surface area contributed by atoms with Crippen molar-refractivity contribution in [3.63, 3.8) is 0 Å². The van der Waals surface area contributed by atoms with Crippen molar-refractivity contribution < 1.29 is 4.74 Å². The van der Waals surface area contributed by atoms with Crippen LogP contribution in [0.3, 0.4) is 0 Å². The molecule has 2 rings (SSSR count). The van der Waals surface area contributed by atoms with Crippen LogP contribution in [0.1, 0.15) is 32.1 Å². The second-order valence-electron chi connectivity index (χ2n) is 3.61. The van der Waals surface area contributed by atoms with Crippen LogP contribution >= 0.6 is 0 Å². The predicted molar refractivity (Wildman–Crippen MR) is 61.3 cm³/mol. The van der Waals surface area contributed by atoms with Crippen LogP contribution < -0.4 is 4.74 Å². The van der Waals surface area contributed by atoms with Crippen molar-refractivity contribution >= 4 is 23.1 Å². The highest BCUT2D eigenvalue weighted by molar-refractivity contribution is 5.75. The van der Waals surface area contributed by atoms with Gasteiger partial charge in [-0.2, -0.15) is 0 Å². The molecule has 0 saturated heterocycles. The highest BCUT2D eigenvalue weighted by Crippen LogP contribution is 2.22. The van der Waals surface area contributed by atoms with Gasteiger partial charge in [0.2, 0.25) is 0 Å². The summed E-state index contributed by atoms with van der Waals surface area (Å²) in [6, 6.07) is 10.8. The average Bonchev–Trinajstić information content (AvgIpc) is 2.21. The van der Waals surface area contributed by atoms with E-state index in [4.69, 9.17) is 4.74 Å². The molecule has 1 saturated carbocycles. The van der Waals surface area contributed by atoms with E-state index in [9.17, 15) is 0 Å². The van der Waals surface area contributed by atoms with Crippen LogP contribution in [0.5, 0.6) is 5.75 Å². The zero-order valence-corrected chi connectivity index (χ0v) is 7.83. The molecule has 0 bridgehead atoms. The first-order valence-electron chi connectivity index (χ1n) is 5.08. The summed E-state index contributed by atoms with van der Waals surface area (Å²) in [7, 11) is 0. The molecule has 0 spiro atoms. The molecule has 0 heterocycles. The van der Waals surface area contributed by atoms with Gasteiger partial charge in [-0.3, -0.25) is 0 Å². The van der Waals surface area contributed by atoms with Crippen LogP contribution in [0.15, 0.2) is 24.3 Å². The summed E-state index contributed by atoms with van der Waals surface area (Å²) in [5, 5.41) is 0. The third kappa shape index (κ3) is 3.50. The lowest BCUT2D eigenvalue weighted by atomic mass is 9.98. The van der Waals surface area contributed by atoms with Crippen LogP contribution in [0.2, 0.25) is 0 Å². The zero-order valence-electron chi connectivity index (χ0n) is 7.83. The fourth-order valence-electron chi connectivity index (χ4n) is 1.83. The standard InChI is InChI=1S/C12H15O.Mg.2H/c1-3-7-11(8-4-1)13-12-9-5-2-6-10-12;;;/h5-6,9-11H,1,3-4,7-8H2;;;. The summed E-state index contributed by atoms with van der Waals surface area (Å²) in [6.07, 6.45) is 6.92. The third-order valence-electron chi connectivity index (χ3n) is 2.54. The summed E-state index contributed by atoms with van der Waals surface area (Å²) in [6.45, 7) is 0. The third-order valence-corrected chi connectivity index (χ3v) is 2.54. The Morgan fingerprint density at radius 3 is 2.36 bits per heavy atom. The highest BCUT2D eigenvalue weighted by Gasteiger charge is 2.14. The molecule has 0 N–H and O–H groups in total. The lowest BCUT2D eigenvalue weighted by Gasteiger charge is -2.22. The largest absolute Gasteiger partial charge is 0.490 e. The van der Waals surface area contributed by atoms with Crippen molar-refractivity contribution in [2.75, 3.05) is 0 Å². The monoisotopic (exact) mass is 201 g/mol. The topological polar surface area (TPSA) is 9.23 Å². The van der Waals surface area contributed by atoms with Crippen LogP contribution in [-0.2, 0) is 0 Å². The van der Waals surface area contributed by atoms with Gasteiger partial charge in [-0.1, -0.05) is 18.6 Å². The number of benzene rings is 1. The Hall–Kier alpha value is -0.214. The van der Waals surface area contributed by atoms with Crippen molar-refractivity contribution in [3.05, 3.63) is 30.3 Å². The minimum Gasteiger partial charge on any atom is -0.490 e. The van der Waals surface area contributed by atoms with Crippen molar-refractivity contribution in [1.82, 2.24) is 0 Å². The quantitative estimate of drug-likeness (QED) is 0.667. The second-order valence-corrected chi connectivity index (χ2v) is 3.61. The molecule has 0 amide bonds. The molecule has 73 valence electrons. The normalized spacial score (nSPS) is 17.1. The van der Waals surface area contributed by atoms with Gasteiger partial charge in [0.25, 0.3) is 0 Å². The van der Waals surface area contributed by atoms with Crippen LogP contribution in [0.25, 0.3) is 0 Å². The lowest BCUT2D eigenvalue weighted by Crippen LogP contribution is -2.19. The van der Waals surface area contributed by atoms with Gasteiger partial charge >= 0.3 is 23.1 Å². The first-order chi connectivity index (χ1) is 6.45. The molecule has 1 radical (unpaired) electrons. The molecule has 0 unspecified atom stereocenters. The molecule has 0 aromatic heterocycles. The van der Waals surface area contributed by atoms with Crippen molar-refractivity contribution in [3.8, 4) is 5.75 Å². The van der Waals surface area contributed by atoms with Gasteiger partial charge in [-0.15, -0.1) is 0 Å². The van der Waals surface area contributed by atoms with Gasteiger partial charge in [-0.25, -0.2) is 0 Å². The number of hydrogen-bond acceptors (Lipinski definition) is 1. The van der Waals surface area contributed by atoms with E-state index in [0.717, 1.165) is 5.75 Å².